The Balaban J connectivity index is 3.43. The van der Waals surface area contributed by atoms with Crippen molar-refractivity contribution in [2.45, 2.75) is 6.92 Å². The molecule has 1 rings (SSSR count). The van der Waals surface area contributed by atoms with Crippen LogP contribution in [0, 0.1) is 6.92 Å². The Labute approximate surface area is 57.0 Å². The number of hydrogen-bond acceptors (Lipinski definition) is 2. The summed E-state index contributed by atoms with van der Waals surface area (Å²) in [7, 11) is 0. The van der Waals surface area contributed by atoms with Gasteiger partial charge in [-0.25, -0.2) is 4.09 Å². The Hall–Kier alpha value is -0.830. The summed E-state index contributed by atoms with van der Waals surface area (Å²) in [6, 6.07) is 0. The molecule has 0 radical (unpaired) electrons. The van der Waals surface area contributed by atoms with Crippen LogP contribution < -0.4 is 5.56 Å². The first-order chi connectivity index (χ1) is 4.22. The zero-order valence-electron chi connectivity index (χ0n) is 4.84. The molecule has 0 saturated carbocycles. The van der Waals surface area contributed by atoms with Crippen LogP contribution in [-0.2, 0) is 0 Å². The van der Waals surface area contributed by atoms with Crippen LogP contribution in [-0.4, -0.2) is 9.07 Å². The molecular weight excluding hydrogens is 140 g/mol. The van der Waals surface area contributed by atoms with E-state index >= 15 is 0 Å². The fourth-order valence-corrected chi connectivity index (χ4v) is 0.654. The van der Waals surface area contributed by atoms with E-state index in [0.29, 0.717) is 5.69 Å². The molecule has 0 aliphatic carbocycles. The van der Waals surface area contributed by atoms with Gasteiger partial charge in [0.05, 0.1) is 0 Å². The molecule has 0 saturated heterocycles. The molecule has 4 heteroatoms. The molecule has 0 fully saturated rings. The smallest absolute Gasteiger partial charge is 0.266 e. The number of halogens is 1. The maximum absolute atomic E-state index is 10.7. The molecule has 0 N–H and O–H groups in total. The average Bonchev–Trinajstić information content (AvgIpc) is 1.83. The van der Waals surface area contributed by atoms with Crippen molar-refractivity contribution in [2.24, 2.45) is 0 Å². The van der Waals surface area contributed by atoms with Crippen LogP contribution in [0.25, 0.3) is 0 Å². The summed E-state index contributed by atoms with van der Waals surface area (Å²) in [6.07, 6.45) is 2.88. The van der Waals surface area contributed by atoms with Crippen LogP contribution in [0.3, 0.4) is 0 Å². The second-order valence-corrected chi connectivity index (χ2v) is 1.99. The molecule has 0 aliphatic heterocycles. The monoisotopic (exact) mass is 144 g/mol. The van der Waals surface area contributed by atoms with Crippen molar-refractivity contribution in [3.05, 3.63) is 28.4 Å². The van der Waals surface area contributed by atoms with Crippen LogP contribution in [0.2, 0.25) is 0 Å². The van der Waals surface area contributed by atoms with Crippen molar-refractivity contribution in [3.8, 4) is 0 Å². The number of aryl methyl sites for hydroxylation is 1. The minimum Gasteiger partial charge on any atom is -0.266 e. The van der Waals surface area contributed by atoms with Gasteiger partial charge < -0.3 is 0 Å². The molecule has 3 nitrogen and oxygen atoms in total. The highest BCUT2D eigenvalue weighted by Gasteiger charge is 1.93. The molecular formula is C5H5ClN2O. The second-order valence-electron chi connectivity index (χ2n) is 1.63. The molecule has 9 heavy (non-hydrogen) atoms. The summed E-state index contributed by atoms with van der Waals surface area (Å²) < 4.78 is 0.975. The van der Waals surface area contributed by atoms with E-state index in [4.69, 9.17) is 11.8 Å². The van der Waals surface area contributed by atoms with Crippen molar-refractivity contribution in [1.82, 2.24) is 9.07 Å². The van der Waals surface area contributed by atoms with Crippen molar-refractivity contribution in [3.63, 3.8) is 0 Å². The molecule has 1 aromatic rings. The number of nitrogens with zero attached hydrogens (tertiary/aromatic N) is 2. The SMILES string of the molecule is Cc1nccn(Cl)c1=O. The fourth-order valence-electron chi connectivity index (χ4n) is 0.481. The van der Waals surface area contributed by atoms with E-state index < -0.39 is 0 Å². The summed E-state index contributed by atoms with van der Waals surface area (Å²) in [5.74, 6) is 0. The molecule has 0 amide bonds. The van der Waals surface area contributed by atoms with Gasteiger partial charge in [-0.1, -0.05) is 0 Å². The van der Waals surface area contributed by atoms with Crippen molar-refractivity contribution < 1.29 is 0 Å². The Morgan fingerprint density at radius 1 is 1.78 bits per heavy atom. The second kappa shape index (κ2) is 2.19. The number of aromatic nitrogens is 2. The van der Waals surface area contributed by atoms with Gasteiger partial charge in [-0.3, -0.25) is 9.78 Å². The first-order valence-electron chi connectivity index (χ1n) is 2.42. The molecule has 0 spiro atoms. The van der Waals surface area contributed by atoms with Crippen molar-refractivity contribution >= 4 is 11.8 Å². The van der Waals surface area contributed by atoms with Gasteiger partial charge in [0, 0.05) is 24.2 Å². The lowest BCUT2D eigenvalue weighted by Crippen LogP contribution is -2.15. The van der Waals surface area contributed by atoms with Crippen LogP contribution in [0.4, 0.5) is 0 Å². The molecule has 0 atom stereocenters. The van der Waals surface area contributed by atoms with E-state index in [0.717, 1.165) is 4.09 Å². The van der Waals surface area contributed by atoms with E-state index in [1.54, 1.807) is 6.92 Å². The Kier molecular flexibility index (Phi) is 1.53. The molecule has 0 aromatic carbocycles. The van der Waals surface area contributed by atoms with E-state index in [1.807, 2.05) is 0 Å². The maximum atomic E-state index is 10.7. The van der Waals surface area contributed by atoms with Crippen molar-refractivity contribution in [2.75, 3.05) is 0 Å². The van der Waals surface area contributed by atoms with E-state index in [-0.39, 0.29) is 5.56 Å². The quantitative estimate of drug-likeness (QED) is 0.533. The third kappa shape index (κ3) is 1.10. The fraction of sp³-hybridized carbons (Fsp3) is 0.200. The third-order valence-electron chi connectivity index (χ3n) is 0.969. The van der Waals surface area contributed by atoms with Gasteiger partial charge in [-0.05, 0) is 6.92 Å². The van der Waals surface area contributed by atoms with Gasteiger partial charge in [-0.2, -0.15) is 0 Å². The predicted molar refractivity (Wildman–Crippen MR) is 34.5 cm³/mol. The highest BCUT2D eigenvalue weighted by atomic mass is 35.5. The lowest BCUT2D eigenvalue weighted by Gasteiger charge is -1.90. The largest absolute Gasteiger partial charge is 0.286 e. The highest BCUT2D eigenvalue weighted by Crippen LogP contribution is 1.83. The summed E-state index contributed by atoms with van der Waals surface area (Å²) in [6.45, 7) is 1.61. The number of rotatable bonds is 0. The predicted octanol–water partition coefficient (Wildman–Crippen LogP) is 0.554. The standard InChI is InChI=1S/C5H5ClN2O/c1-4-5(9)8(6)3-2-7-4/h2-3H,1H3. The summed E-state index contributed by atoms with van der Waals surface area (Å²) >= 11 is 5.38. The molecule has 0 unspecified atom stereocenters. The first-order valence-corrected chi connectivity index (χ1v) is 2.76. The van der Waals surface area contributed by atoms with Gasteiger partial charge in [0.1, 0.15) is 5.69 Å². The third-order valence-corrected chi connectivity index (χ3v) is 1.24. The minimum atomic E-state index is -0.265. The molecule has 1 heterocycles. The number of hydrogen-bond donors (Lipinski definition) is 0. The van der Waals surface area contributed by atoms with Crippen LogP contribution in [0.5, 0.6) is 0 Å². The van der Waals surface area contributed by atoms with Crippen molar-refractivity contribution in [1.29, 1.82) is 0 Å². The van der Waals surface area contributed by atoms with E-state index in [1.165, 1.54) is 12.4 Å². The zero-order valence-corrected chi connectivity index (χ0v) is 5.59. The first kappa shape index (κ1) is 6.29. The van der Waals surface area contributed by atoms with Crippen LogP contribution >= 0.6 is 11.8 Å². The topological polar surface area (TPSA) is 34.9 Å². The lowest BCUT2D eigenvalue weighted by atomic mass is 10.5. The Morgan fingerprint density at radius 3 is 2.89 bits per heavy atom. The summed E-state index contributed by atoms with van der Waals surface area (Å²) in [4.78, 5) is 14.5. The zero-order chi connectivity index (χ0) is 6.85. The van der Waals surface area contributed by atoms with Gasteiger partial charge >= 0.3 is 0 Å². The lowest BCUT2D eigenvalue weighted by molar-refractivity contribution is 1.01. The van der Waals surface area contributed by atoms with Gasteiger partial charge in [0.15, 0.2) is 0 Å². The van der Waals surface area contributed by atoms with Crippen LogP contribution in [0.15, 0.2) is 17.2 Å². The van der Waals surface area contributed by atoms with Gasteiger partial charge in [-0.15, -0.1) is 0 Å². The molecule has 48 valence electrons. The normalized spacial score (nSPS) is 9.56. The van der Waals surface area contributed by atoms with E-state index in [9.17, 15) is 4.79 Å². The molecule has 0 aliphatic rings. The van der Waals surface area contributed by atoms with Gasteiger partial charge in [0.2, 0.25) is 0 Å². The minimum absolute atomic E-state index is 0.265. The maximum Gasteiger partial charge on any atom is 0.286 e. The van der Waals surface area contributed by atoms with Gasteiger partial charge in [0.25, 0.3) is 5.56 Å². The Bertz CT molecular complexity index is 245. The highest BCUT2D eigenvalue weighted by molar-refractivity contribution is 6.15. The molecule has 0 bridgehead atoms. The summed E-state index contributed by atoms with van der Waals surface area (Å²) in [5.41, 5.74) is 0.145. The van der Waals surface area contributed by atoms with Crippen LogP contribution in [0.1, 0.15) is 5.69 Å². The summed E-state index contributed by atoms with van der Waals surface area (Å²) in [5, 5.41) is 0. The average molecular weight is 145 g/mol. The van der Waals surface area contributed by atoms with E-state index in [2.05, 4.69) is 4.98 Å². The Morgan fingerprint density at radius 2 is 2.44 bits per heavy atom. The molecule has 1 aromatic heterocycles.